The Hall–Kier alpha value is -1.62. The Bertz CT molecular complexity index is 497. The highest BCUT2D eigenvalue weighted by Crippen LogP contribution is 2.20. The molecule has 1 fully saturated rings. The number of amides is 1. The molecule has 0 aliphatic carbocycles. The highest BCUT2D eigenvalue weighted by molar-refractivity contribution is 5.93. The van der Waals surface area contributed by atoms with Gasteiger partial charge in [-0.2, -0.15) is 0 Å². The first-order valence-corrected chi connectivity index (χ1v) is 7.72. The lowest BCUT2D eigenvalue weighted by Crippen LogP contribution is -2.57. The van der Waals surface area contributed by atoms with Gasteiger partial charge in [0.25, 0.3) is 5.91 Å². The predicted molar refractivity (Wildman–Crippen MR) is 85.8 cm³/mol. The van der Waals surface area contributed by atoms with E-state index in [2.05, 4.69) is 29.0 Å². The molecule has 21 heavy (non-hydrogen) atoms. The summed E-state index contributed by atoms with van der Waals surface area (Å²) in [5, 5.41) is 3.50. The normalized spacial score (nSPS) is 17.6. The number of nitrogens with zero attached hydrogens (tertiary/aromatic N) is 3. The Morgan fingerprint density at radius 1 is 1.43 bits per heavy atom. The zero-order valence-electron chi connectivity index (χ0n) is 13.5. The maximum absolute atomic E-state index is 12.4. The highest BCUT2D eigenvalue weighted by Gasteiger charge is 2.26. The molecule has 0 aromatic carbocycles. The lowest BCUT2D eigenvalue weighted by atomic mass is 10.0. The molecular formula is C16H26N4O. The van der Waals surface area contributed by atoms with E-state index >= 15 is 0 Å². The fourth-order valence-electron chi connectivity index (χ4n) is 2.77. The van der Waals surface area contributed by atoms with Gasteiger partial charge in [-0.1, -0.05) is 0 Å². The summed E-state index contributed by atoms with van der Waals surface area (Å²) in [6, 6.07) is 3.91. The van der Waals surface area contributed by atoms with E-state index in [0.29, 0.717) is 18.8 Å². The van der Waals surface area contributed by atoms with Crippen LogP contribution in [0.15, 0.2) is 18.3 Å². The Morgan fingerprint density at radius 3 is 2.76 bits per heavy atom. The van der Waals surface area contributed by atoms with E-state index in [1.54, 1.807) is 11.1 Å². The highest BCUT2D eigenvalue weighted by atomic mass is 16.2. The van der Waals surface area contributed by atoms with Gasteiger partial charge in [0, 0.05) is 50.1 Å². The average Bonchev–Trinajstić information content (AvgIpc) is 2.47. The van der Waals surface area contributed by atoms with Crippen molar-refractivity contribution in [3.8, 4) is 0 Å². The molecule has 1 aromatic heterocycles. The van der Waals surface area contributed by atoms with Crippen LogP contribution in [-0.2, 0) is 0 Å². The minimum Gasteiger partial charge on any atom is -0.368 e. The molecule has 2 heterocycles. The van der Waals surface area contributed by atoms with Crippen molar-refractivity contribution in [2.24, 2.45) is 0 Å². The zero-order chi connectivity index (χ0) is 15.5. The van der Waals surface area contributed by atoms with Gasteiger partial charge in [-0.15, -0.1) is 0 Å². The van der Waals surface area contributed by atoms with Crippen LogP contribution >= 0.6 is 0 Å². The van der Waals surface area contributed by atoms with Crippen molar-refractivity contribution in [3.63, 3.8) is 0 Å². The fourth-order valence-corrected chi connectivity index (χ4v) is 2.77. The summed E-state index contributed by atoms with van der Waals surface area (Å²) in [4.78, 5) is 20.8. The van der Waals surface area contributed by atoms with Gasteiger partial charge in [0.15, 0.2) is 0 Å². The first kappa shape index (κ1) is 15.8. The van der Waals surface area contributed by atoms with Gasteiger partial charge in [-0.3, -0.25) is 9.78 Å². The van der Waals surface area contributed by atoms with Crippen LogP contribution in [0, 0.1) is 0 Å². The number of pyridine rings is 1. The van der Waals surface area contributed by atoms with E-state index in [0.717, 1.165) is 25.3 Å². The summed E-state index contributed by atoms with van der Waals surface area (Å²) >= 11 is 0. The number of aromatic nitrogens is 1. The predicted octanol–water partition coefficient (Wildman–Crippen LogP) is 1.75. The maximum Gasteiger partial charge on any atom is 0.272 e. The van der Waals surface area contributed by atoms with Gasteiger partial charge in [0.2, 0.25) is 0 Å². The molecule has 1 amide bonds. The van der Waals surface area contributed by atoms with Crippen molar-refractivity contribution < 1.29 is 4.79 Å². The minimum atomic E-state index is 0.0104. The second kappa shape index (κ2) is 6.43. The molecule has 116 valence electrons. The first-order chi connectivity index (χ1) is 9.96. The Morgan fingerprint density at radius 2 is 2.14 bits per heavy atom. The standard InChI is InChI=1S/C16H26N4O/c1-5-19(6-2)15(21)14-11-13(7-8-17-14)20-10-9-18-16(3,4)12-20/h7-8,11,18H,5-6,9-10,12H2,1-4H3. The molecule has 1 aliphatic rings. The molecule has 0 radical (unpaired) electrons. The molecule has 1 N–H and O–H groups in total. The van der Waals surface area contributed by atoms with Crippen LogP contribution in [0.25, 0.3) is 0 Å². The van der Waals surface area contributed by atoms with Gasteiger partial charge in [-0.05, 0) is 39.8 Å². The van der Waals surface area contributed by atoms with Crippen molar-refractivity contribution in [2.45, 2.75) is 33.2 Å². The molecular weight excluding hydrogens is 264 g/mol. The van der Waals surface area contributed by atoms with Crippen LogP contribution in [0.1, 0.15) is 38.2 Å². The molecule has 1 aliphatic heterocycles. The number of carbonyl (C=O) groups is 1. The van der Waals surface area contributed by atoms with Crippen LogP contribution in [0.5, 0.6) is 0 Å². The van der Waals surface area contributed by atoms with E-state index in [1.807, 2.05) is 26.0 Å². The number of carbonyl (C=O) groups excluding carboxylic acids is 1. The van der Waals surface area contributed by atoms with Crippen molar-refractivity contribution in [2.75, 3.05) is 37.6 Å². The van der Waals surface area contributed by atoms with Crippen LogP contribution in [-0.4, -0.2) is 54.1 Å². The summed E-state index contributed by atoms with van der Waals surface area (Å²) in [7, 11) is 0. The number of anilines is 1. The first-order valence-electron chi connectivity index (χ1n) is 7.72. The van der Waals surface area contributed by atoms with Crippen LogP contribution in [0.4, 0.5) is 5.69 Å². The van der Waals surface area contributed by atoms with E-state index in [9.17, 15) is 4.79 Å². The molecule has 1 aromatic rings. The smallest absolute Gasteiger partial charge is 0.272 e. The van der Waals surface area contributed by atoms with E-state index < -0.39 is 0 Å². The minimum absolute atomic E-state index is 0.0104. The van der Waals surface area contributed by atoms with Gasteiger partial charge in [0.05, 0.1) is 0 Å². The van der Waals surface area contributed by atoms with Gasteiger partial charge < -0.3 is 15.1 Å². The number of nitrogens with one attached hydrogen (secondary N) is 1. The molecule has 0 bridgehead atoms. The lowest BCUT2D eigenvalue weighted by molar-refractivity contribution is 0.0767. The van der Waals surface area contributed by atoms with Crippen LogP contribution in [0.2, 0.25) is 0 Å². The number of rotatable bonds is 4. The van der Waals surface area contributed by atoms with Crippen molar-refractivity contribution in [1.82, 2.24) is 15.2 Å². The van der Waals surface area contributed by atoms with Crippen LogP contribution in [0.3, 0.4) is 0 Å². The summed E-state index contributed by atoms with van der Waals surface area (Å²) in [6.07, 6.45) is 1.74. The third-order valence-corrected chi connectivity index (χ3v) is 3.95. The van der Waals surface area contributed by atoms with Crippen molar-refractivity contribution >= 4 is 11.6 Å². The van der Waals surface area contributed by atoms with Crippen molar-refractivity contribution in [3.05, 3.63) is 24.0 Å². The van der Waals surface area contributed by atoms with Crippen LogP contribution < -0.4 is 10.2 Å². The maximum atomic E-state index is 12.4. The quantitative estimate of drug-likeness (QED) is 0.918. The summed E-state index contributed by atoms with van der Waals surface area (Å²) in [6.45, 7) is 12.6. The summed E-state index contributed by atoms with van der Waals surface area (Å²) in [5.41, 5.74) is 1.70. The summed E-state index contributed by atoms with van der Waals surface area (Å²) in [5.74, 6) is 0.0104. The third kappa shape index (κ3) is 3.73. The molecule has 2 rings (SSSR count). The zero-order valence-corrected chi connectivity index (χ0v) is 13.5. The van der Waals surface area contributed by atoms with E-state index in [4.69, 9.17) is 0 Å². The van der Waals surface area contributed by atoms with E-state index in [-0.39, 0.29) is 11.4 Å². The lowest BCUT2D eigenvalue weighted by Gasteiger charge is -2.40. The number of hydrogen-bond acceptors (Lipinski definition) is 4. The molecule has 5 heteroatoms. The molecule has 0 saturated carbocycles. The summed E-state index contributed by atoms with van der Waals surface area (Å²) < 4.78 is 0. The SMILES string of the molecule is CCN(CC)C(=O)c1cc(N2CCNC(C)(C)C2)ccn1. The Balaban J connectivity index is 2.19. The largest absolute Gasteiger partial charge is 0.368 e. The molecule has 1 saturated heterocycles. The number of piperazine rings is 1. The van der Waals surface area contributed by atoms with Gasteiger partial charge >= 0.3 is 0 Å². The second-order valence-corrected chi connectivity index (χ2v) is 6.11. The fraction of sp³-hybridized carbons (Fsp3) is 0.625. The van der Waals surface area contributed by atoms with E-state index in [1.165, 1.54) is 0 Å². The van der Waals surface area contributed by atoms with Gasteiger partial charge in [0.1, 0.15) is 5.69 Å². The van der Waals surface area contributed by atoms with Crippen molar-refractivity contribution in [1.29, 1.82) is 0 Å². The molecule has 0 atom stereocenters. The Kier molecular flexibility index (Phi) is 4.83. The average molecular weight is 290 g/mol. The monoisotopic (exact) mass is 290 g/mol. The third-order valence-electron chi connectivity index (χ3n) is 3.95. The molecule has 5 nitrogen and oxygen atoms in total. The molecule has 0 spiro atoms. The Labute approximate surface area is 127 Å². The number of hydrogen-bond donors (Lipinski definition) is 1. The van der Waals surface area contributed by atoms with Gasteiger partial charge in [-0.25, -0.2) is 0 Å². The topological polar surface area (TPSA) is 48.5 Å². The second-order valence-electron chi connectivity index (χ2n) is 6.11. The molecule has 0 unspecified atom stereocenters.